The van der Waals surface area contributed by atoms with E-state index >= 15 is 0 Å². The molecule has 0 aliphatic carbocycles. The second-order valence-corrected chi connectivity index (χ2v) is 3.32. The molecule has 2 N–H and O–H groups in total. The first kappa shape index (κ1) is 12.8. The Bertz CT molecular complexity index is 285. The summed E-state index contributed by atoms with van der Waals surface area (Å²) in [5, 5.41) is 0. The number of aromatic nitrogens is 2. The molecule has 0 spiro atoms. The minimum Gasteiger partial charge on any atom is -0.383 e. The van der Waals surface area contributed by atoms with Crippen LogP contribution in [0.4, 0.5) is 10.3 Å². The average molecular weight is 228 g/mol. The van der Waals surface area contributed by atoms with E-state index in [-0.39, 0.29) is 0 Å². The zero-order valence-electron chi connectivity index (χ0n) is 9.40. The molecular formula is C10H17FN4O. The van der Waals surface area contributed by atoms with Gasteiger partial charge in [-0.2, -0.15) is 0 Å². The van der Waals surface area contributed by atoms with Crippen LogP contribution in [0.25, 0.3) is 0 Å². The van der Waals surface area contributed by atoms with Crippen LogP contribution in [0.3, 0.4) is 0 Å². The van der Waals surface area contributed by atoms with Gasteiger partial charge in [0.1, 0.15) is 0 Å². The fourth-order valence-corrected chi connectivity index (χ4v) is 1.26. The minimum absolute atomic E-state index is 0.436. The molecule has 0 unspecified atom stereocenters. The Hall–Kier alpha value is -1.27. The molecule has 16 heavy (non-hydrogen) atoms. The highest BCUT2D eigenvalue weighted by atomic mass is 19.1. The zero-order valence-corrected chi connectivity index (χ0v) is 9.40. The lowest BCUT2D eigenvalue weighted by atomic mass is 10.4. The summed E-state index contributed by atoms with van der Waals surface area (Å²) in [4.78, 5) is 9.78. The number of nitrogens with two attached hydrogens (primary N) is 1. The van der Waals surface area contributed by atoms with Gasteiger partial charge in [-0.25, -0.2) is 14.4 Å². The number of nitrogens with zero attached hydrogens (tertiary/aromatic N) is 3. The molecule has 1 rings (SSSR count). The number of methoxy groups -OCH3 is 1. The highest BCUT2D eigenvalue weighted by Gasteiger charge is 2.08. The van der Waals surface area contributed by atoms with Crippen LogP contribution in [-0.2, 0) is 4.74 Å². The van der Waals surface area contributed by atoms with E-state index in [0.717, 1.165) is 25.4 Å². The quantitative estimate of drug-likeness (QED) is 0.732. The molecule has 0 aromatic carbocycles. The van der Waals surface area contributed by atoms with Crippen molar-refractivity contribution in [2.75, 3.05) is 38.3 Å². The normalized spacial score (nSPS) is 10.4. The standard InChI is InChI=1S/C10H17FN4O/c1-16-6-5-15(4-2-3-12)10-13-7-9(11)8-14-10/h7-8H,2-6,12H2,1H3. The topological polar surface area (TPSA) is 64.3 Å². The SMILES string of the molecule is COCCN(CCCN)c1ncc(F)cn1. The van der Waals surface area contributed by atoms with Gasteiger partial charge in [0.05, 0.1) is 19.0 Å². The predicted molar refractivity (Wildman–Crippen MR) is 59.8 cm³/mol. The largest absolute Gasteiger partial charge is 0.383 e. The van der Waals surface area contributed by atoms with Gasteiger partial charge < -0.3 is 15.4 Å². The van der Waals surface area contributed by atoms with Gasteiger partial charge >= 0.3 is 0 Å². The van der Waals surface area contributed by atoms with Crippen LogP contribution < -0.4 is 10.6 Å². The number of hydrogen-bond donors (Lipinski definition) is 1. The summed E-state index contributed by atoms with van der Waals surface area (Å²) < 4.78 is 17.7. The van der Waals surface area contributed by atoms with Crippen LogP contribution >= 0.6 is 0 Å². The fourth-order valence-electron chi connectivity index (χ4n) is 1.26. The molecule has 0 saturated heterocycles. The van der Waals surface area contributed by atoms with E-state index in [0.29, 0.717) is 25.6 Å². The number of ether oxygens (including phenoxy) is 1. The van der Waals surface area contributed by atoms with Crippen molar-refractivity contribution >= 4 is 5.95 Å². The van der Waals surface area contributed by atoms with Crippen LogP contribution in [-0.4, -0.2) is 43.3 Å². The summed E-state index contributed by atoms with van der Waals surface area (Å²) in [5.74, 6) is 0.0705. The molecule has 6 heteroatoms. The maximum Gasteiger partial charge on any atom is 0.225 e. The predicted octanol–water partition coefficient (Wildman–Crippen LogP) is 0.417. The second-order valence-electron chi connectivity index (χ2n) is 3.32. The monoisotopic (exact) mass is 228 g/mol. The molecule has 5 nitrogen and oxygen atoms in total. The van der Waals surface area contributed by atoms with E-state index in [9.17, 15) is 4.39 Å². The zero-order chi connectivity index (χ0) is 11.8. The van der Waals surface area contributed by atoms with Gasteiger partial charge in [-0.15, -0.1) is 0 Å². The van der Waals surface area contributed by atoms with E-state index < -0.39 is 5.82 Å². The Labute approximate surface area is 94.4 Å². The van der Waals surface area contributed by atoms with Crippen LogP contribution in [0.5, 0.6) is 0 Å². The first-order chi connectivity index (χ1) is 7.77. The summed E-state index contributed by atoms with van der Waals surface area (Å²) >= 11 is 0. The highest BCUT2D eigenvalue weighted by molar-refractivity contribution is 5.28. The first-order valence-corrected chi connectivity index (χ1v) is 5.19. The van der Waals surface area contributed by atoms with Gasteiger partial charge in [0, 0.05) is 20.2 Å². The lowest BCUT2D eigenvalue weighted by molar-refractivity contribution is 0.205. The van der Waals surface area contributed by atoms with Crippen LogP contribution in [0.1, 0.15) is 6.42 Å². The van der Waals surface area contributed by atoms with Crippen molar-refractivity contribution < 1.29 is 9.13 Å². The van der Waals surface area contributed by atoms with Crippen molar-refractivity contribution in [1.82, 2.24) is 9.97 Å². The summed E-state index contributed by atoms with van der Waals surface area (Å²) in [6, 6.07) is 0. The number of halogens is 1. The molecule has 0 amide bonds. The van der Waals surface area contributed by atoms with Crippen molar-refractivity contribution in [3.63, 3.8) is 0 Å². The van der Waals surface area contributed by atoms with E-state index in [1.54, 1.807) is 7.11 Å². The Morgan fingerprint density at radius 2 is 2.06 bits per heavy atom. The number of rotatable bonds is 7. The highest BCUT2D eigenvalue weighted by Crippen LogP contribution is 2.06. The van der Waals surface area contributed by atoms with E-state index in [4.69, 9.17) is 10.5 Å². The molecule has 0 saturated carbocycles. The maximum atomic E-state index is 12.7. The average Bonchev–Trinajstić information content (AvgIpc) is 2.31. The molecule has 0 radical (unpaired) electrons. The Balaban J connectivity index is 2.62. The Morgan fingerprint density at radius 1 is 1.38 bits per heavy atom. The molecule has 90 valence electrons. The smallest absolute Gasteiger partial charge is 0.225 e. The van der Waals surface area contributed by atoms with Gasteiger partial charge in [-0.1, -0.05) is 0 Å². The molecule has 1 aromatic heterocycles. The lowest BCUT2D eigenvalue weighted by Gasteiger charge is -2.21. The number of anilines is 1. The van der Waals surface area contributed by atoms with Gasteiger partial charge in [0.15, 0.2) is 5.82 Å². The third-order valence-electron chi connectivity index (χ3n) is 2.09. The van der Waals surface area contributed by atoms with Gasteiger partial charge in [0.25, 0.3) is 0 Å². The van der Waals surface area contributed by atoms with Crippen molar-refractivity contribution in [3.8, 4) is 0 Å². The minimum atomic E-state index is -0.436. The van der Waals surface area contributed by atoms with Crippen molar-refractivity contribution in [2.24, 2.45) is 5.73 Å². The van der Waals surface area contributed by atoms with Gasteiger partial charge in [-0.3, -0.25) is 0 Å². The molecule has 0 atom stereocenters. The molecule has 0 bridgehead atoms. The van der Waals surface area contributed by atoms with Gasteiger partial charge in [0.2, 0.25) is 5.95 Å². The summed E-state index contributed by atoms with van der Waals surface area (Å²) in [7, 11) is 1.63. The van der Waals surface area contributed by atoms with Crippen molar-refractivity contribution in [2.45, 2.75) is 6.42 Å². The summed E-state index contributed by atoms with van der Waals surface area (Å²) in [5.41, 5.74) is 5.45. The van der Waals surface area contributed by atoms with Crippen molar-refractivity contribution in [1.29, 1.82) is 0 Å². The fraction of sp³-hybridized carbons (Fsp3) is 0.600. The first-order valence-electron chi connectivity index (χ1n) is 5.19. The second kappa shape index (κ2) is 7.08. The molecule has 0 aliphatic rings. The molecule has 1 heterocycles. The van der Waals surface area contributed by atoms with Crippen LogP contribution in [0.15, 0.2) is 12.4 Å². The third kappa shape index (κ3) is 4.08. The van der Waals surface area contributed by atoms with Crippen LogP contribution in [0.2, 0.25) is 0 Å². The third-order valence-corrected chi connectivity index (χ3v) is 2.09. The number of hydrogen-bond acceptors (Lipinski definition) is 5. The molecule has 0 fully saturated rings. The summed E-state index contributed by atoms with van der Waals surface area (Å²) in [6.07, 6.45) is 3.15. The summed E-state index contributed by atoms with van der Waals surface area (Å²) in [6.45, 7) is 2.59. The Kier molecular flexibility index (Phi) is 5.66. The van der Waals surface area contributed by atoms with E-state index in [1.165, 1.54) is 0 Å². The van der Waals surface area contributed by atoms with Crippen molar-refractivity contribution in [3.05, 3.63) is 18.2 Å². The lowest BCUT2D eigenvalue weighted by Crippen LogP contribution is -2.31. The van der Waals surface area contributed by atoms with Crippen LogP contribution in [0, 0.1) is 5.82 Å². The Morgan fingerprint density at radius 3 is 2.62 bits per heavy atom. The molecular weight excluding hydrogens is 211 g/mol. The molecule has 0 aliphatic heterocycles. The van der Waals surface area contributed by atoms with E-state index in [2.05, 4.69) is 9.97 Å². The van der Waals surface area contributed by atoms with Gasteiger partial charge in [-0.05, 0) is 13.0 Å². The maximum absolute atomic E-state index is 12.7. The molecule has 1 aromatic rings. The van der Waals surface area contributed by atoms with E-state index in [1.807, 2.05) is 4.90 Å².